The summed E-state index contributed by atoms with van der Waals surface area (Å²) in [6.45, 7) is 0. The lowest BCUT2D eigenvalue weighted by Crippen LogP contribution is -2.05. The van der Waals surface area contributed by atoms with E-state index in [1.54, 1.807) is 6.07 Å². The van der Waals surface area contributed by atoms with Crippen LogP contribution in [0.3, 0.4) is 0 Å². The summed E-state index contributed by atoms with van der Waals surface area (Å²) in [4.78, 5) is 0. The van der Waals surface area contributed by atoms with Crippen LogP contribution in [0.1, 0.15) is 11.1 Å². The van der Waals surface area contributed by atoms with E-state index >= 15 is 0 Å². The summed E-state index contributed by atoms with van der Waals surface area (Å²) in [7, 11) is 1.44. The number of alkyl halides is 3. The first-order valence-electron chi connectivity index (χ1n) is 6.28. The summed E-state index contributed by atoms with van der Waals surface area (Å²) in [6.07, 6.45) is -4.54. The maximum absolute atomic E-state index is 14.0. The highest BCUT2D eigenvalue weighted by Gasteiger charge is 2.31. The SMILES string of the molecule is COc1ccc(-c2ccc(C(F)(F)F)cc2F)cc1CC#N. The first kappa shape index (κ1) is 15.8. The van der Waals surface area contributed by atoms with Gasteiger partial charge in [-0.1, -0.05) is 12.1 Å². The van der Waals surface area contributed by atoms with Gasteiger partial charge in [-0.3, -0.25) is 0 Å². The van der Waals surface area contributed by atoms with Crippen LogP contribution >= 0.6 is 0 Å². The first-order valence-corrected chi connectivity index (χ1v) is 6.28. The summed E-state index contributed by atoms with van der Waals surface area (Å²) >= 11 is 0. The quantitative estimate of drug-likeness (QED) is 0.777. The summed E-state index contributed by atoms with van der Waals surface area (Å²) in [5.41, 5.74) is -0.0755. The van der Waals surface area contributed by atoms with E-state index in [0.29, 0.717) is 22.9 Å². The minimum absolute atomic E-state index is 0.0369. The molecule has 0 fully saturated rings. The second-order valence-corrected chi connectivity index (χ2v) is 4.55. The number of hydrogen-bond donors (Lipinski definition) is 0. The van der Waals surface area contributed by atoms with Crippen molar-refractivity contribution < 1.29 is 22.3 Å². The number of nitrogens with zero attached hydrogens (tertiary/aromatic N) is 1. The van der Waals surface area contributed by atoms with E-state index in [4.69, 9.17) is 10.00 Å². The molecule has 0 spiro atoms. The van der Waals surface area contributed by atoms with Crippen molar-refractivity contribution in [1.29, 1.82) is 5.26 Å². The normalized spacial score (nSPS) is 11.1. The van der Waals surface area contributed by atoms with E-state index in [9.17, 15) is 17.6 Å². The van der Waals surface area contributed by atoms with Gasteiger partial charge in [0.05, 0.1) is 25.2 Å². The molecule has 2 aromatic carbocycles. The Morgan fingerprint density at radius 2 is 1.86 bits per heavy atom. The Morgan fingerprint density at radius 1 is 1.14 bits per heavy atom. The molecule has 0 N–H and O–H groups in total. The van der Waals surface area contributed by atoms with Crippen molar-refractivity contribution in [1.82, 2.24) is 0 Å². The van der Waals surface area contributed by atoms with E-state index in [1.807, 2.05) is 6.07 Å². The molecule has 0 aliphatic carbocycles. The third-order valence-electron chi connectivity index (χ3n) is 3.16. The average molecular weight is 309 g/mol. The Balaban J connectivity index is 2.49. The topological polar surface area (TPSA) is 33.0 Å². The summed E-state index contributed by atoms with van der Waals surface area (Å²) in [5, 5.41) is 8.78. The van der Waals surface area contributed by atoms with E-state index < -0.39 is 17.6 Å². The van der Waals surface area contributed by atoms with Crippen LogP contribution in [0.2, 0.25) is 0 Å². The molecule has 0 radical (unpaired) electrons. The number of hydrogen-bond acceptors (Lipinski definition) is 2. The van der Waals surface area contributed by atoms with Crippen LogP contribution in [0, 0.1) is 17.1 Å². The molecule has 2 nitrogen and oxygen atoms in total. The predicted molar refractivity (Wildman–Crippen MR) is 72.7 cm³/mol. The molecule has 0 saturated heterocycles. The largest absolute Gasteiger partial charge is 0.496 e. The summed E-state index contributed by atoms with van der Waals surface area (Å²) in [6, 6.07) is 8.95. The highest BCUT2D eigenvalue weighted by atomic mass is 19.4. The molecule has 22 heavy (non-hydrogen) atoms. The van der Waals surface area contributed by atoms with E-state index in [0.717, 1.165) is 12.1 Å². The molecular formula is C16H11F4NO. The fourth-order valence-corrected chi connectivity index (χ4v) is 2.09. The molecule has 0 aliphatic heterocycles. The monoisotopic (exact) mass is 309 g/mol. The third kappa shape index (κ3) is 3.19. The van der Waals surface area contributed by atoms with Crippen molar-refractivity contribution >= 4 is 0 Å². The minimum atomic E-state index is -4.59. The van der Waals surface area contributed by atoms with Crippen LogP contribution in [0.15, 0.2) is 36.4 Å². The Hall–Kier alpha value is -2.55. The first-order chi connectivity index (χ1) is 10.4. The molecular weight excluding hydrogens is 298 g/mol. The minimum Gasteiger partial charge on any atom is -0.496 e. The van der Waals surface area contributed by atoms with E-state index in [1.165, 1.54) is 19.2 Å². The van der Waals surface area contributed by atoms with Crippen molar-refractivity contribution in [2.24, 2.45) is 0 Å². The zero-order chi connectivity index (χ0) is 16.3. The maximum Gasteiger partial charge on any atom is 0.416 e. The number of nitriles is 1. The zero-order valence-corrected chi connectivity index (χ0v) is 11.5. The number of halogens is 4. The highest BCUT2D eigenvalue weighted by molar-refractivity contribution is 5.67. The second kappa shape index (κ2) is 6.06. The molecule has 2 rings (SSSR count). The molecule has 6 heteroatoms. The van der Waals surface area contributed by atoms with Gasteiger partial charge in [0, 0.05) is 11.1 Å². The number of benzene rings is 2. The standard InChI is InChI=1S/C16H11F4NO/c1-22-15-5-2-10(8-11(15)6-7-21)13-4-3-12(9-14(13)17)16(18,19)20/h2-5,8-9H,6H2,1H3. The van der Waals surface area contributed by atoms with Crippen molar-refractivity contribution in [3.8, 4) is 22.9 Å². The second-order valence-electron chi connectivity index (χ2n) is 4.55. The Morgan fingerprint density at radius 3 is 2.41 bits per heavy atom. The van der Waals surface area contributed by atoms with Crippen molar-refractivity contribution in [3.63, 3.8) is 0 Å². The van der Waals surface area contributed by atoms with Crippen LogP contribution in [0.5, 0.6) is 5.75 Å². The lowest BCUT2D eigenvalue weighted by molar-refractivity contribution is -0.137. The van der Waals surface area contributed by atoms with Gasteiger partial charge in [0.2, 0.25) is 0 Å². The van der Waals surface area contributed by atoms with E-state index in [2.05, 4.69) is 0 Å². The fraction of sp³-hybridized carbons (Fsp3) is 0.188. The van der Waals surface area contributed by atoms with Gasteiger partial charge >= 0.3 is 6.18 Å². The lowest BCUT2D eigenvalue weighted by atomic mass is 9.99. The molecule has 0 atom stereocenters. The van der Waals surface area contributed by atoms with Gasteiger partial charge in [-0.2, -0.15) is 18.4 Å². The van der Waals surface area contributed by atoms with Crippen molar-refractivity contribution in [2.45, 2.75) is 12.6 Å². The summed E-state index contributed by atoms with van der Waals surface area (Å²) < 4.78 is 56.7. The molecule has 0 aromatic heterocycles. The number of ether oxygens (including phenoxy) is 1. The molecule has 0 heterocycles. The van der Waals surface area contributed by atoms with Gasteiger partial charge in [0.1, 0.15) is 11.6 Å². The summed E-state index contributed by atoms with van der Waals surface area (Å²) in [5.74, 6) is -0.500. The zero-order valence-electron chi connectivity index (χ0n) is 11.5. The van der Waals surface area contributed by atoms with Gasteiger partial charge in [0.25, 0.3) is 0 Å². The molecule has 2 aromatic rings. The number of rotatable bonds is 3. The van der Waals surface area contributed by atoms with Crippen LogP contribution in [-0.2, 0) is 12.6 Å². The number of methoxy groups -OCH3 is 1. The van der Waals surface area contributed by atoms with Crippen LogP contribution in [0.4, 0.5) is 17.6 Å². The Labute approximate surface area is 124 Å². The fourth-order valence-electron chi connectivity index (χ4n) is 2.09. The van der Waals surface area contributed by atoms with Gasteiger partial charge in [0.15, 0.2) is 0 Å². The van der Waals surface area contributed by atoms with Crippen LogP contribution in [-0.4, -0.2) is 7.11 Å². The molecule has 0 bridgehead atoms. The third-order valence-corrected chi connectivity index (χ3v) is 3.16. The van der Waals surface area contributed by atoms with Gasteiger partial charge in [-0.05, 0) is 29.8 Å². The van der Waals surface area contributed by atoms with Gasteiger partial charge in [-0.25, -0.2) is 4.39 Å². The molecule has 0 saturated carbocycles. The smallest absolute Gasteiger partial charge is 0.416 e. The molecule has 0 unspecified atom stereocenters. The Kier molecular flexibility index (Phi) is 4.36. The highest BCUT2D eigenvalue weighted by Crippen LogP contribution is 2.34. The predicted octanol–water partition coefficient (Wildman–Crippen LogP) is 4.59. The van der Waals surface area contributed by atoms with E-state index in [-0.39, 0.29) is 12.0 Å². The van der Waals surface area contributed by atoms with Gasteiger partial charge < -0.3 is 4.74 Å². The average Bonchev–Trinajstić information content (AvgIpc) is 2.46. The Bertz CT molecular complexity index is 732. The van der Waals surface area contributed by atoms with Crippen molar-refractivity contribution in [2.75, 3.05) is 7.11 Å². The molecule has 0 amide bonds. The van der Waals surface area contributed by atoms with Crippen molar-refractivity contribution in [3.05, 3.63) is 53.3 Å². The van der Waals surface area contributed by atoms with Crippen LogP contribution < -0.4 is 4.74 Å². The maximum atomic E-state index is 14.0. The lowest BCUT2D eigenvalue weighted by Gasteiger charge is -2.11. The molecule has 0 aliphatic rings. The van der Waals surface area contributed by atoms with Gasteiger partial charge in [-0.15, -0.1) is 0 Å². The molecule has 114 valence electrons. The van der Waals surface area contributed by atoms with Crippen LogP contribution in [0.25, 0.3) is 11.1 Å².